The predicted molar refractivity (Wildman–Crippen MR) is 59.9 cm³/mol. The molecule has 1 aromatic rings. The van der Waals surface area contributed by atoms with Crippen molar-refractivity contribution in [1.29, 1.82) is 0 Å². The first-order valence-electron chi connectivity index (χ1n) is 3.43. The Labute approximate surface area is 85.3 Å². The van der Waals surface area contributed by atoms with Gasteiger partial charge in [0.05, 0.1) is 0 Å². The van der Waals surface area contributed by atoms with Gasteiger partial charge in [0.15, 0.2) is 0 Å². The monoisotopic (exact) mass is 246 g/mol. The van der Waals surface area contributed by atoms with Crippen LogP contribution in [0.3, 0.4) is 0 Å². The van der Waals surface area contributed by atoms with E-state index in [4.69, 9.17) is 0 Å². The zero-order valence-corrected chi connectivity index (χ0v) is 9.95. The molecule has 0 amide bonds. The molecule has 0 aliphatic rings. The summed E-state index contributed by atoms with van der Waals surface area (Å²) >= 11 is 8.54. The summed E-state index contributed by atoms with van der Waals surface area (Å²) in [4.78, 5) is 0. The zero-order chi connectivity index (χ0) is 8.10. The summed E-state index contributed by atoms with van der Waals surface area (Å²) in [5, 5.41) is 0. The van der Waals surface area contributed by atoms with Gasteiger partial charge in [-0.15, -0.1) is 0 Å². The molecule has 60 valence electrons. The second kappa shape index (κ2) is 5.18. The second-order valence-corrected chi connectivity index (χ2v) is 7.50. The van der Waals surface area contributed by atoms with Crippen LogP contribution < -0.4 is 4.35 Å². The van der Waals surface area contributed by atoms with Gasteiger partial charge >= 0.3 is 85.5 Å². The molecule has 3 heteroatoms. The Balaban J connectivity index is 2.51. The third kappa shape index (κ3) is 3.59. The van der Waals surface area contributed by atoms with E-state index >= 15 is 0 Å². The summed E-state index contributed by atoms with van der Waals surface area (Å²) in [6, 6.07) is 10.6. The van der Waals surface area contributed by atoms with E-state index in [0.717, 1.165) is 5.75 Å². The van der Waals surface area contributed by atoms with Crippen molar-refractivity contribution in [2.45, 2.75) is 4.04 Å². The van der Waals surface area contributed by atoms with E-state index in [1.165, 1.54) is 4.35 Å². The maximum absolute atomic E-state index is 4.42. The second-order valence-electron chi connectivity index (χ2n) is 2.21. The molecule has 0 nitrogen and oxygen atoms in total. The number of rotatable bonds is 3. The van der Waals surface area contributed by atoms with Crippen LogP contribution in [0.25, 0.3) is 0 Å². The SMILES string of the molecule is SCC(S)[AsH]c1ccccc1. The molecule has 11 heavy (non-hydrogen) atoms. The molecule has 0 heterocycles. The number of hydrogen-bond acceptors (Lipinski definition) is 2. The molecule has 2 unspecified atom stereocenters. The van der Waals surface area contributed by atoms with Crippen molar-refractivity contribution in [2.75, 3.05) is 5.75 Å². The topological polar surface area (TPSA) is 0 Å². The Kier molecular flexibility index (Phi) is 4.51. The average Bonchev–Trinajstić information content (AvgIpc) is 2.06. The molecular weight excluding hydrogens is 235 g/mol. The van der Waals surface area contributed by atoms with Crippen LogP contribution in [0.1, 0.15) is 0 Å². The standard InChI is InChI=1S/C8H11AsS2/c10-6-8(11)9-7-4-2-1-3-5-7/h1-5,8-11H,6H2. The van der Waals surface area contributed by atoms with Gasteiger partial charge in [-0.1, -0.05) is 0 Å². The minimum absolute atomic E-state index is 0.0786. The van der Waals surface area contributed by atoms with E-state index in [-0.39, 0.29) is 15.8 Å². The molecule has 1 rings (SSSR count). The minimum atomic E-state index is -0.0786. The van der Waals surface area contributed by atoms with Crippen LogP contribution in [0.15, 0.2) is 30.3 Å². The van der Waals surface area contributed by atoms with Crippen LogP contribution in [0, 0.1) is 0 Å². The van der Waals surface area contributed by atoms with Crippen LogP contribution in [-0.4, -0.2) is 25.5 Å². The predicted octanol–water partition coefficient (Wildman–Crippen LogP) is 0.934. The number of hydrogen-bond donors (Lipinski definition) is 2. The zero-order valence-electron chi connectivity index (χ0n) is 6.07. The molecule has 0 aromatic heterocycles. The van der Waals surface area contributed by atoms with Crippen molar-refractivity contribution in [2.24, 2.45) is 0 Å². The summed E-state index contributed by atoms with van der Waals surface area (Å²) in [6.07, 6.45) is 0. The number of thiol groups is 2. The van der Waals surface area contributed by atoms with Crippen molar-refractivity contribution in [1.82, 2.24) is 0 Å². The molecule has 0 radical (unpaired) electrons. The maximum atomic E-state index is 4.42. The fourth-order valence-electron chi connectivity index (χ4n) is 0.772. The molecule has 0 spiro atoms. The van der Waals surface area contributed by atoms with Crippen molar-refractivity contribution in [3.8, 4) is 0 Å². The third-order valence-electron chi connectivity index (χ3n) is 1.28. The summed E-state index contributed by atoms with van der Waals surface area (Å²) in [6.45, 7) is 0. The van der Waals surface area contributed by atoms with Crippen molar-refractivity contribution in [3.05, 3.63) is 30.3 Å². The van der Waals surface area contributed by atoms with E-state index in [9.17, 15) is 0 Å². The fourth-order valence-corrected chi connectivity index (χ4v) is 3.83. The molecule has 0 bridgehead atoms. The van der Waals surface area contributed by atoms with E-state index in [1.54, 1.807) is 0 Å². The third-order valence-corrected chi connectivity index (χ3v) is 6.03. The van der Waals surface area contributed by atoms with Gasteiger partial charge in [0, 0.05) is 0 Å². The van der Waals surface area contributed by atoms with Crippen LogP contribution in [0.4, 0.5) is 0 Å². The van der Waals surface area contributed by atoms with Gasteiger partial charge < -0.3 is 0 Å². The van der Waals surface area contributed by atoms with Crippen molar-refractivity contribution < 1.29 is 0 Å². The Morgan fingerprint density at radius 2 is 1.91 bits per heavy atom. The average molecular weight is 246 g/mol. The van der Waals surface area contributed by atoms with Gasteiger partial charge in [-0.25, -0.2) is 0 Å². The Bertz CT molecular complexity index is 201. The molecule has 0 aliphatic carbocycles. The van der Waals surface area contributed by atoms with Gasteiger partial charge in [-0.05, 0) is 0 Å². The van der Waals surface area contributed by atoms with Gasteiger partial charge in [0.2, 0.25) is 0 Å². The van der Waals surface area contributed by atoms with Crippen LogP contribution >= 0.6 is 25.3 Å². The van der Waals surface area contributed by atoms with E-state index in [1.807, 2.05) is 6.07 Å². The Morgan fingerprint density at radius 1 is 1.27 bits per heavy atom. The molecule has 0 N–H and O–H groups in total. The quantitative estimate of drug-likeness (QED) is 0.575. The van der Waals surface area contributed by atoms with Gasteiger partial charge in [-0.3, -0.25) is 0 Å². The summed E-state index contributed by atoms with van der Waals surface area (Å²) in [5.74, 6) is 0.887. The van der Waals surface area contributed by atoms with Gasteiger partial charge in [0.25, 0.3) is 0 Å². The van der Waals surface area contributed by atoms with Crippen LogP contribution in [-0.2, 0) is 0 Å². The molecular formula is C8H11AsS2. The first kappa shape index (κ1) is 9.57. The molecule has 0 saturated heterocycles. The summed E-state index contributed by atoms with van der Waals surface area (Å²) in [7, 11) is 0. The first-order chi connectivity index (χ1) is 5.33. The van der Waals surface area contributed by atoms with E-state index in [0.29, 0.717) is 4.04 Å². The fraction of sp³-hybridized carbons (Fsp3) is 0.250. The molecule has 1 aromatic carbocycles. The summed E-state index contributed by atoms with van der Waals surface area (Å²) in [5.41, 5.74) is 0. The number of benzene rings is 1. The summed E-state index contributed by atoms with van der Waals surface area (Å²) < 4.78 is 1.96. The van der Waals surface area contributed by atoms with Gasteiger partial charge in [-0.2, -0.15) is 0 Å². The molecule has 2 atom stereocenters. The Morgan fingerprint density at radius 3 is 2.45 bits per heavy atom. The van der Waals surface area contributed by atoms with E-state index in [2.05, 4.69) is 49.5 Å². The van der Waals surface area contributed by atoms with E-state index < -0.39 is 0 Å². The molecule has 0 saturated carbocycles. The van der Waals surface area contributed by atoms with Crippen molar-refractivity contribution >= 4 is 45.4 Å². The van der Waals surface area contributed by atoms with Crippen LogP contribution in [0.2, 0.25) is 0 Å². The Hall–Kier alpha value is 0.478. The van der Waals surface area contributed by atoms with Crippen LogP contribution in [0.5, 0.6) is 0 Å². The van der Waals surface area contributed by atoms with Gasteiger partial charge in [0.1, 0.15) is 0 Å². The molecule has 0 fully saturated rings. The van der Waals surface area contributed by atoms with Crippen molar-refractivity contribution in [3.63, 3.8) is 0 Å². The normalized spacial score (nSPS) is 14.0. The first-order valence-corrected chi connectivity index (χ1v) is 6.84. The molecule has 0 aliphatic heterocycles.